The summed E-state index contributed by atoms with van der Waals surface area (Å²) in [5.41, 5.74) is 0. The summed E-state index contributed by atoms with van der Waals surface area (Å²) >= 11 is 0. The maximum Gasteiger partial charge on any atom is 1.00 e. The molecule has 2 N–H and O–H groups in total. The van der Waals surface area contributed by atoms with Crippen LogP contribution in [0.15, 0.2) is 0 Å². The van der Waals surface area contributed by atoms with Crippen LogP contribution in [0, 0.1) is 0 Å². The summed E-state index contributed by atoms with van der Waals surface area (Å²) in [7, 11) is -4.87. The summed E-state index contributed by atoms with van der Waals surface area (Å²) in [6, 6.07) is 0. The number of rotatable bonds is 14. The molecule has 0 bridgehead atoms. The minimum Gasteiger partial charge on any atom is -1.00 e. The molecule has 0 spiro atoms. The van der Waals surface area contributed by atoms with Crippen LogP contribution in [0.5, 0.6) is 0 Å². The number of hydrogen-bond acceptors (Lipinski definition) is 8. The third-order valence-electron chi connectivity index (χ3n) is 3.31. The predicted octanol–water partition coefficient (Wildman–Crippen LogP) is -1.29. The molecule has 0 aromatic carbocycles. The van der Waals surface area contributed by atoms with E-state index in [0.717, 1.165) is 25.7 Å². The molecule has 10 heteroatoms. The Labute approximate surface area is 173 Å². The minimum atomic E-state index is -4.87. The van der Waals surface area contributed by atoms with Crippen molar-refractivity contribution in [1.29, 1.82) is 0 Å². The van der Waals surface area contributed by atoms with Crippen molar-refractivity contribution >= 4 is 22.3 Å². The SMILES string of the molecule is CCCCCCCCCCCC(=O)OS(=O)(=O)OC(=O)C(O)CO.[H-].[Na+]. The van der Waals surface area contributed by atoms with Crippen molar-refractivity contribution in [2.45, 2.75) is 77.2 Å². The molecule has 0 rings (SSSR count). The Kier molecular flexibility index (Phi) is 17.3. The number of carbonyl (C=O) groups excluding carboxylic acids is 2. The molecule has 144 valence electrons. The maximum atomic E-state index is 11.4. The minimum absolute atomic E-state index is 0. The monoisotopic (exact) mass is 392 g/mol. The zero-order chi connectivity index (χ0) is 18.4. The molecule has 0 aliphatic heterocycles. The zero-order valence-corrected chi connectivity index (χ0v) is 17.9. The summed E-state index contributed by atoms with van der Waals surface area (Å²) in [4.78, 5) is 22.4. The quantitative estimate of drug-likeness (QED) is 0.276. The second kappa shape index (κ2) is 16.0. The van der Waals surface area contributed by atoms with Gasteiger partial charge in [-0.05, 0) is 6.42 Å². The van der Waals surface area contributed by atoms with Crippen molar-refractivity contribution in [1.82, 2.24) is 0 Å². The number of hydrogen-bond donors (Lipinski definition) is 2. The van der Waals surface area contributed by atoms with Crippen LogP contribution in [0.3, 0.4) is 0 Å². The average molecular weight is 392 g/mol. The maximum absolute atomic E-state index is 11.4. The molecule has 0 fully saturated rings. The normalized spacial score (nSPS) is 12.1. The van der Waals surface area contributed by atoms with Gasteiger partial charge in [0.05, 0.1) is 6.61 Å². The molecule has 0 aromatic rings. The van der Waals surface area contributed by atoms with Gasteiger partial charge in [0.2, 0.25) is 0 Å². The van der Waals surface area contributed by atoms with E-state index in [0.29, 0.717) is 6.42 Å². The Balaban J connectivity index is -0.00000264. The van der Waals surface area contributed by atoms with Crippen LogP contribution in [0.4, 0.5) is 0 Å². The third kappa shape index (κ3) is 15.8. The van der Waals surface area contributed by atoms with Crippen LogP contribution in [-0.4, -0.2) is 43.3 Å². The van der Waals surface area contributed by atoms with Crippen molar-refractivity contribution in [3.05, 3.63) is 0 Å². The summed E-state index contributed by atoms with van der Waals surface area (Å²) in [6.45, 7) is 1.16. The largest absolute Gasteiger partial charge is 1.00 e. The Morgan fingerprint density at radius 3 is 1.92 bits per heavy atom. The van der Waals surface area contributed by atoms with Gasteiger partial charge in [-0.15, -0.1) is 8.42 Å². The number of aliphatic hydroxyl groups excluding tert-OH is 2. The first-order valence-electron chi connectivity index (χ1n) is 8.32. The van der Waals surface area contributed by atoms with Crippen molar-refractivity contribution in [3.63, 3.8) is 0 Å². The fourth-order valence-electron chi connectivity index (χ4n) is 1.98. The van der Waals surface area contributed by atoms with Crippen LogP contribution < -0.4 is 29.6 Å². The van der Waals surface area contributed by atoms with Crippen LogP contribution in [0.1, 0.15) is 72.6 Å². The number of unbranched alkanes of at least 4 members (excludes halogenated alkanes) is 8. The van der Waals surface area contributed by atoms with Gasteiger partial charge in [-0.2, -0.15) is 0 Å². The molecule has 1 atom stereocenters. The molecular formula is C15H29NaO8S. The molecule has 0 radical (unpaired) electrons. The second-order valence-corrected chi connectivity index (χ2v) is 6.69. The number of carbonyl (C=O) groups is 2. The number of aliphatic hydroxyl groups is 2. The first kappa shape index (κ1) is 27.0. The summed E-state index contributed by atoms with van der Waals surface area (Å²) < 4.78 is 30.4. The van der Waals surface area contributed by atoms with Gasteiger partial charge in [0.25, 0.3) is 0 Å². The van der Waals surface area contributed by atoms with Crippen LogP contribution in [-0.2, 0) is 28.4 Å². The zero-order valence-electron chi connectivity index (χ0n) is 16.1. The van der Waals surface area contributed by atoms with E-state index < -0.39 is 35.0 Å². The topological polar surface area (TPSA) is 127 Å². The van der Waals surface area contributed by atoms with Crippen molar-refractivity contribution in [2.24, 2.45) is 0 Å². The van der Waals surface area contributed by atoms with Gasteiger partial charge < -0.3 is 20.0 Å². The first-order chi connectivity index (χ1) is 11.3. The molecular weight excluding hydrogens is 363 g/mol. The van der Waals surface area contributed by atoms with E-state index in [1.807, 2.05) is 0 Å². The van der Waals surface area contributed by atoms with E-state index in [-0.39, 0.29) is 37.4 Å². The fraction of sp³-hybridized carbons (Fsp3) is 0.867. The summed E-state index contributed by atoms with van der Waals surface area (Å²) in [6.07, 6.45) is 7.26. The third-order valence-corrected chi connectivity index (χ3v) is 4.07. The van der Waals surface area contributed by atoms with Gasteiger partial charge in [0.15, 0.2) is 6.10 Å². The molecule has 25 heavy (non-hydrogen) atoms. The predicted molar refractivity (Wildman–Crippen MR) is 87.2 cm³/mol. The fourth-order valence-corrected chi connectivity index (χ4v) is 2.64. The molecule has 0 aliphatic carbocycles. The van der Waals surface area contributed by atoms with E-state index in [2.05, 4.69) is 15.3 Å². The van der Waals surface area contributed by atoms with E-state index >= 15 is 0 Å². The summed E-state index contributed by atoms with van der Waals surface area (Å²) in [5.74, 6) is -2.63. The van der Waals surface area contributed by atoms with E-state index in [1.54, 1.807) is 0 Å². The van der Waals surface area contributed by atoms with Crippen LogP contribution >= 0.6 is 0 Å². The van der Waals surface area contributed by atoms with Gasteiger partial charge >= 0.3 is 51.9 Å². The smallest absolute Gasteiger partial charge is 1.00 e. The molecule has 0 aliphatic rings. The van der Waals surface area contributed by atoms with E-state index in [4.69, 9.17) is 10.2 Å². The molecule has 0 saturated carbocycles. The van der Waals surface area contributed by atoms with Crippen molar-refractivity contribution in [3.8, 4) is 0 Å². The average Bonchev–Trinajstić information content (AvgIpc) is 2.51. The van der Waals surface area contributed by atoms with Crippen molar-refractivity contribution < 1.29 is 67.6 Å². The first-order valence-corrected chi connectivity index (χ1v) is 9.65. The molecule has 0 saturated heterocycles. The van der Waals surface area contributed by atoms with Crippen LogP contribution in [0.25, 0.3) is 0 Å². The van der Waals surface area contributed by atoms with Gasteiger partial charge in [-0.1, -0.05) is 58.3 Å². The van der Waals surface area contributed by atoms with Gasteiger partial charge in [-0.3, -0.25) is 4.79 Å². The van der Waals surface area contributed by atoms with Gasteiger partial charge in [0, 0.05) is 6.42 Å². The Morgan fingerprint density at radius 1 is 0.960 bits per heavy atom. The second-order valence-electron chi connectivity index (χ2n) is 5.54. The molecule has 0 amide bonds. The Morgan fingerprint density at radius 2 is 1.44 bits per heavy atom. The van der Waals surface area contributed by atoms with Gasteiger partial charge in [0.1, 0.15) is 0 Å². The molecule has 0 aromatic heterocycles. The Bertz CT molecular complexity index is 472. The van der Waals surface area contributed by atoms with Crippen molar-refractivity contribution in [2.75, 3.05) is 6.61 Å². The van der Waals surface area contributed by atoms with Crippen LogP contribution in [0.2, 0.25) is 0 Å². The standard InChI is InChI=1S/C15H28O8S.Na.H/c1-2-3-4-5-6-7-8-9-10-11-14(18)22-24(20,21)23-15(19)13(17)12-16;;/h13,16-17H,2-12H2,1H3;;/q;+1;-1. The van der Waals surface area contributed by atoms with E-state index in [1.165, 1.54) is 25.7 Å². The van der Waals surface area contributed by atoms with Gasteiger partial charge in [-0.25, -0.2) is 4.79 Å². The Hall–Kier alpha value is -0.190. The summed E-state index contributed by atoms with van der Waals surface area (Å²) in [5, 5.41) is 17.4. The molecule has 1 unspecified atom stereocenters. The molecule has 0 heterocycles. The van der Waals surface area contributed by atoms with E-state index in [9.17, 15) is 18.0 Å². The molecule has 8 nitrogen and oxygen atoms in total.